The van der Waals surface area contributed by atoms with Crippen molar-refractivity contribution in [3.8, 4) is 0 Å². The summed E-state index contributed by atoms with van der Waals surface area (Å²) in [5.41, 5.74) is 0.348. The van der Waals surface area contributed by atoms with Crippen molar-refractivity contribution in [1.82, 2.24) is 5.32 Å². The molecule has 0 bridgehead atoms. The second-order valence-corrected chi connectivity index (χ2v) is 8.12. The summed E-state index contributed by atoms with van der Waals surface area (Å²) in [5.74, 6) is -0.329. The van der Waals surface area contributed by atoms with Crippen molar-refractivity contribution in [2.75, 3.05) is 13.2 Å². The topological polar surface area (TPSA) is 72.5 Å². The molecule has 1 N–H and O–H groups in total. The van der Waals surface area contributed by atoms with Crippen LogP contribution in [-0.4, -0.2) is 33.1 Å². The van der Waals surface area contributed by atoms with E-state index < -0.39 is 14.6 Å². The Morgan fingerprint density at radius 1 is 1.43 bits per heavy atom. The summed E-state index contributed by atoms with van der Waals surface area (Å²) in [7, 11) is 1.51. The van der Waals surface area contributed by atoms with Gasteiger partial charge in [0.2, 0.25) is 0 Å². The van der Waals surface area contributed by atoms with Gasteiger partial charge in [0.15, 0.2) is 0 Å². The number of rotatable bonds is 3. The van der Waals surface area contributed by atoms with E-state index in [1.165, 1.54) is 6.07 Å². The number of nitrogens with one attached hydrogen (secondary N) is 1. The lowest BCUT2D eigenvalue weighted by Crippen LogP contribution is -2.51. The summed E-state index contributed by atoms with van der Waals surface area (Å²) in [6.45, 7) is 4.70. The fourth-order valence-corrected chi connectivity index (χ4v) is 3.60. The third kappa shape index (κ3) is 3.96. The maximum absolute atomic E-state index is 12.3. The van der Waals surface area contributed by atoms with Crippen LogP contribution in [0.2, 0.25) is 0 Å². The lowest BCUT2D eigenvalue weighted by molar-refractivity contribution is 0.0272. The number of halogens is 1. The minimum Gasteiger partial charge on any atom is -0.379 e. The first-order chi connectivity index (χ1) is 9.71. The third-order valence-electron chi connectivity index (χ3n) is 3.57. The summed E-state index contributed by atoms with van der Waals surface area (Å²) < 4.78 is 28.4. The molecule has 21 heavy (non-hydrogen) atoms. The zero-order valence-corrected chi connectivity index (χ0v) is 13.6. The van der Waals surface area contributed by atoms with E-state index in [1.807, 2.05) is 6.92 Å². The highest BCUT2D eigenvalue weighted by Gasteiger charge is 2.30. The number of benzene rings is 1. The van der Waals surface area contributed by atoms with Crippen molar-refractivity contribution in [3.63, 3.8) is 0 Å². The Morgan fingerprint density at radius 3 is 2.71 bits per heavy atom. The highest BCUT2D eigenvalue weighted by molar-refractivity contribution is 8.13. The molecule has 1 saturated heterocycles. The number of amides is 1. The normalized spacial score (nSPS) is 22.8. The van der Waals surface area contributed by atoms with Gasteiger partial charge in [-0.1, -0.05) is 6.07 Å². The average Bonchev–Trinajstić information content (AvgIpc) is 2.38. The van der Waals surface area contributed by atoms with Crippen LogP contribution in [0.3, 0.4) is 0 Å². The summed E-state index contributed by atoms with van der Waals surface area (Å²) in [6.07, 6.45) is 1.71. The Kier molecular flexibility index (Phi) is 4.60. The zero-order chi connectivity index (χ0) is 15.7. The first kappa shape index (κ1) is 16.3. The quantitative estimate of drug-likeness (QED) is 0.862. The molecule has 0 saturated carbocycles. The van der Waals surface area contributed by atoms with Gasteiger partial charge >= 0.3 is 0 Å². The van der Waals surface area contributed by atoms with Crippen LogP contribution in [0.15, 0.2) is 23.1 Å². The van der Waals surface area contributed by atoms with E-state index in [9.17, 15) is 13.2 Å². The van der Waals surface area contributed by atoms with Gasteiger partial charge in [-0.2, -0.15) is 0 Å². The minimum absolute atomic E-state index is 0.0399. The first-order valence-corrected chi connectivity index (χ1v) is 8.98. The molecule has 1 fully saturated rings. The van der Waals surface area contributed by atoms with Crippen LogP contribution in [0.4, 0.5) is 0 Å². The largest absolute Gasteiger partial charge is 0.379 e. The molecule has 0 spiro atoms. The van der Waals surface area contributed by atoms with E-state index >= 15 is 0 Å². The number of carbonyl (C=O) groups is 1. The standard InChI is InChI=1S/C14H18ClNO4S/c1-10-4-5-11(8-12(10)21(15,18)19)13(17)16-14(2)6-3-7-20-9-14/h4-5,8H,3,6-7,9H2,1-2H3,(H,16,17). The first-order valence-electron chi connectivity index (χ1n) is 6.67. The van der Waals surface area contributed by atoms with Gasteiger partial charge in [0.05, 0.1) is 17.0 Å². The molecule has 0 aromatic heterocycles. The molecule has 5 nitrogen and oxygen atoms in total. The number of hydrogen-bond acceptors (Lipinski definition) is 4. The maximum Gasteiger partial charge on any atom is 0.261 e. The van der Waals surface area contributed by atoms with Crippen molar-refractivity contribution < 1.29 is 17.9 Å². The second kappa shape index (κ2) is 5.94. The predicted octanol–water partition coefficient (Wildman–Crippen LogP) is 2.22. The lowest BCUT2D eigenvalue weighted by Gasteiger charge is -2.34. The molecule has 1 aromatic rings. The van der Waals surface area contributed by atoms with Gasteiger partial charge in [-0.25, -0.2) is 8.42 Å². The molecule has 1 aliphatic heterocycles. The number of carbonyl (C=O) groups excluding carboxylic acids is 1. The fraction of sp³-hybridized carbons (Fsp3) is 0.500. The second-order valence-electron chi connectivity index (χ2n) is 5.59. The average molecular weight is 332 g/mol. The van der Waals surface area contributed by atoms with Crippen molar-refractivity contribution in [2.24, 2.45) is 0 Å². The molecule has 0 aliphatic carbocycles. The highest BCUT2D eigenvalue weighted by Crippen LogP contribution is 2.23. The molecule has 1 amide bonds. The van der Waals surface area contributed by atoms with Crippen LogP contribution in [0.1, 0.15) is 35.7 Å². The van der Waals surface area contributed by atoms with Crippen LogP contribution in [0, 0.1) is 6.92 Å². The maximum atomic E-state index is 12.3. The zero-order valence-electron chi connectivity index (χ0n) is 12.0. The molecule has 1 atom stereocenters. The molecular formula is C14H18ClNO4S. The van der Waals surface area contributed by atoms with Gasteiger partial charge < -0.3 is 10.1 Å². The van der Waals surface area contributed by atoms with Gasteiger partial charge in [-0.3, -0.25) is 4.79 Å². The summed E-state index contributed by atoms with van der Waals surface area (Å²) >= 11 is 0. The molecule has 1 aliphatic rings. The molecule has 1 unspecified atom stereocenters. The van der Waals surface area contributed by atoms with Crippen LogP contribution >= 0.6 is 10.7 Å². The Hall–Kier alpha value is -1.11. The van der Waals surface area contributed by atoms with Gasteiger partial charge in [-0.15, -0.1) is 0 Å². The van der Waals surface area contributed by atoms with Gasteiger partial charge in [0, 0.05) is 22.9 Å². The minimum atomic E-state index is -3.87. The number of aryl methyl sites for hydroxylation is 1. The van der Waals surface area contributed by atoms with E-state index in [2.05, 4.69) is 5.32 Å². The van der Waals surface area contributed by atoms with Crippen molar-refractivity contribution in [2.45, 2.75) is 37.1 Å². The molecule has 116 valence electrons. The SMILES string of the molecule is Cc1ccc(C(=O)NC2(C)CCCOC2)cc1S(=O)(=O)Cl. The van der Waals surface area contributed by atoms with E-state index in [-0.39, 0.29) is 16.4 Å². The van der Waals surface area contributed by atoms with Crippen LogP contribution < -0.4 is 5.32 Å². The van der Waals surface area contributed by atoms with Crippen molar-refractivity contribution in [1.29, 1.82) is 0 Å². The fourth-order valence-electron chi connectivity index (χ4n) is 2.38. The number of hydrogen-bond donors (Lipinski definition) is 1. The van der Waals surface area contributed by atoms with E-state index in [0.29, 0.717) is 18.8 Å². The third-order valence-corrected chi connectivity index (χ3v) is 5.03. The molecule has 7 heteroatoms. The Balaban J connectivity index is 2.24. The van der Waals surface area contributed by atoms with Gasteiger partial charge in [0.25, 0.3) is 15.0 Å². The van der Waals surface area contributed by atoms with E-state index in [1.54, 1.807) is 19.1 Å². The molecule has 1 aromatic carbocycles. The molecular weight excluding hydrogens is 314 g/mol. The summed E-state index contributed by atoms with van der Waals surface area (Å²) in [4.78, 5) is 12.3. The van der Waals surface area contributed by atoms with Crippen molar-refractivity contribution in [3.05, 3.63) is 29.3 Å². The Bertz CT molecular complexity index is 651. The van der Waals surface area contributed by atoms with Gasteiger partial charge in [-0.05, 0) is 44.4 Å². The summed E-state index contributed by atoms with van der Waals surface area (Å²) in [6, 6.07) is 4.47. The molecule has 2 rings (SSSR count). The highest BCUT2D eigenvalue weighted by atomic mass is 35.7. The van der Waals surface area contributed by atoms with E-state index in [4.69, 9.17) is 15.4 Å². The van der Waals surface area contributed by atoms with Crippen LogP contribution in [0.25, 0.3) is 0 Å². The lowest BCUT2D eigenvalue weighted by atomic mass is 9.94. The smallest absolute Gasteiger partial charge is 0.261 e. The summed E-state index contributed by atoms with van der Waals surface area (Å²) in [5, 5.41) is 2.91. The van der Waals surface area contributed by atoms with Crippen LogP contribution in [-0.2, 0) is 13.8 Å². The van der Waals surface area contributed by atoms with Crippen molar-refractivity contribution >= 4 is 25.6 Å². The number of ether oxygens (including phenoxy) is 1. The van der Waals surface area contributed by atoms with Gasteiger partial charge in [0.1, 0.15) is 0 Å². The Labute approximate surface area is 129 Å². The van der Waals surface area contributed by atoms with E-state index in [0.717, 1.165) is 12.8 Å². The molecule has 0 radical (unpaired) electrons. The Morgan fingerprint density at radius 2 is 2.14 bits per heavy atom. The molecule has 1 heterocycles. The monoisotopic (exact) mass is 331 g/mol. The van der Waals surface area contributed by atoms with Crippen LogP contribution in [0.5, 0.6) is 0 Å². The predicted molar refractivity (Wildman–Crippen MR) is 80.1 cm³/mol.